The molecule has 2 rings (SSSR count). The van der Waals surface area contributed by atoms with E-state index >= 15 is 0 Å². The third kappa shape index (κ3) is 5.15. The molecule has 0 bridgehead atoms. The van der Waals surface area contributed by atoms with Crippen molar-refractivity contribution in [3.05, 3.63) is 59.7 Å². The Balaban J connectivity index is 2.07. The summed E-state index contributed by atoms with van der Waals surface area (Å²) < 4.78 is 5.15. The topological polar surface area (TPSA) is 65.9 Å². The molecule has 5 heteroatoms. The molecule has 2 aromatic carbocycles. The monoisotopic (exact) mass is 355 g/mol. The van der Waals surface area contributed by atoms with Gasteiger partial charge in [0.25, 0.3) is 0 Å². The normalized spacial score (nSPS) is 11.9. The second kappa shape index (κ2) is 9.13. The van der Waals surface area contributed by atoms with Crippen molar-refractivity contribution in [1.82, 2.24) is 10.6 Å². The molecule has 140 valence electrons. The minimum Gasteiger partial charge on any atom is -0.504 e. The van der Waals surface area contributed by atoms with Crippen LogP contribution < -0.4 is 15.4 Å². The molecule has 0 aromatic heterocycles. The Hall–Kier alpha value is -2.69. The Morgan fingerprint density at radius 1 is 1.08 bits per heavy atom. The first kappa shape index (κ1) is 19.6. The minimum absolute atomic E-state index is 0.0322. The van der Waals surface area contributed by atoms with Gasteiger partial charge in [0.15, 0.2) is 17.5 Å². The van der Waals surface area contributed by atoms with Gasteiger partial charge in [-0.15, -0.1) is 0 Å². The van der Waals surface area contributed by atoms with E-state index in [2.05, 4.69) is 53.7 Å². The maximum atomic E-state index is 10.2. The summed E-state index contributed by atoms with van der Waals surface area (Å²) in [5.41, 5.74) is 1.97. The van der Waals surface area contributed by atoms with E-state index in [1.807, 2.05) is 25.1 Å². The van der Waals surface area contributed by atoms with Gasteiger partial charge in [-0.1, -0.05) is 56.3 Å². The highest BCUT2D eigenvalue weighted by Gasteiger charge is 2.20. The number of aliphatic imine (C=N–C) groups is 1. The summed E-state index contributed by atoms with van der Waals surface area (Å²) in [5, 5.41) is 16.9. The van der Waals surface area contributed by atoms with Gasteiger partial charge in [-0.25, -0.2) is 4.99 Å². The average Bonchev–Trinajstić information content (AvgIpc) is 2.65. The van der Waals surface area contributed by atoms with Crippen LogP contribution in [0.5, 0.6) is 11.5 Å². The first-order valence-corrected chi connectivity index (χ1v) is 8.90. The van der Waals surface area contributed by atoms with E-state index in [1.165, 1.54) is 5.56 Å². The number of hydrogen-bond acceptors (Lipinski definition) is 3. The molecular formula is C21H29N3O2. The highest BCUT2D eigenvalue weighted by molar-refractivity contribution is 5.80. The van der Waals surface area contributed by atoms with Crippen LogP contribution in [-0.2, 0) is 12.0 Å². The predicted octanol–water partition coefficient (Wildman–Crippen LogP) is 3.43. The molecular weight excluding hydrogens is 326 g/mol. The van der Waals surface area contributed by atoms with Crippen molar-refractivity contribution in [2.45, 2.75) is 32.7 Å². The number of aromatic hydroxyl groups is 1. The number of para-hydroxylation sites is 1. The van der Waals surface area contributed by atoms with Gasteiger partial charge in [0.2, 0.25) is 0 Å². The molecule has 0 saturated carbocycles. The smallest absolute Gasteiger partial charge is 0.191 e. The molecule has 0 spiro atoms. The molecule has 3 N–H and O–H groups in total. The summed E-state index contributed by atoms with van der Waals surface area (Å²) in [4.78, 5) is 4.60. The summed E-state index contributed by atoms with van der Waals surface area (Å²) in [7, 11) is 1.54. The molecule has 0 unspecified atom stereocenters. The molecule has 0 radical (unpaired) electrons. The van der Waals surface area contributed by atoms with E-state index in [0.29, 0.717) is 12.3 Å². The number of nitrogens with one attached hydrogen (secondary N) is 2. The van der Waals surface area contributed by atoms with Crippen LogP contribution in [0.25, 0.3) is 0 Å². The lowest BCUT2D eigenvalue weighted by Crippen LogP contribution is -2.43. The molecule has 0 aliphatic rings. The molecule has 0 saturated heterocycles. The first-order valence-electron chi connectivity index (χ1n) is 8.90. The van der Waals surface area contributed by atoms with Crippen molar-refractivity contribution in [2.75, 3.05) is 20.2 Å². The minimum atomic E-state index is -0.0322. The fourth-order valence-electron chi connectivity index (χ4n) is 2.66. The van der Waals surface area contributed by atoms with E-state index in [0.717, 1.165) is 24.6 Å². The van der Waals surface area contributed by atoms with Crippen LogP contribution >= 0.6 is 0 Å². The second-order valence-electron chi connectivity index (χ2n) is 6.77. The third-order valence-corrected chi connectivity index (χ3v) is 4.31. The Morgan fingerprint density at radius 2 is 1.81 bits per heavy atom. The van der Waals surface area contributed by atoms with Crippen LogP contribution in [0.15, 0.2) is 53.5 Å². The Morgan fingerprint density at radius 3 is 2.46 bits per heavy atom. The maximum Gasteiger partial charge on any atom is 0.191 e. The highest BCUT2D eigenvalue weighted by Crippen LogP contribution is 2.29. The highest BCUT2D eigenvalue weighted by atomic mass is 16.5. The van der Waals surface area contributed by atoms with Gasteiger partial charge in [-0.05, 0) is 18.6 Å². The van der Waals surface area contributed by atoms with E-state index in [4.69, 9.17) is 4.74 Å². The fourth-order valence-corrected chi connectivity index (χ4v) is 2.66. The van der Waals surface area contributed by atoms with Crippen molar-refractivity contribution in [3.8, 4) is 11.5 Å². The van der Waals surface area contributed by atoms with Crippen molar-refractivity contribution in [1.29, 1.82) is 0 Å². The Bertz CT molecular complexity index is 727. The fraction of sp³-hybridized carbons (Fsp3) is 0.381. The number of ether oxygens (including phenoxy) is 1. The molecule has 0 aliphatic carbocycles. The molecule has 0 amide bonds. The summed E-state index contributed by atoms with van der Waals surface area (Å²) in [6, 6.07) is 15.8. The zero-order chi connectivity index (χ0) is 19.0. The van der Waals surface area contributed by atoms with E-state index < -0.39 is 0 Å². The van der Waals surface area contributed by atoms with Crippen LogP contribution in [0.4, 0.5) is 0 Å². The zero-order valence-corrected chi connectivity index (χ0v) is 16.0. The molecule has 5 nitrogen and oxygen atoms in total. The Labute approximate surface area is 156 Å². The van der Waals surface area contributed by atoms with Gasteiger partial charge in [-0.2, -0.15) is 0 Å². The van der Waals surface area contributed by atoms with Crippen LogP contribution in [0.1, 0.15) is 31.9 Å². The number of hydrogen-bond donors (Lipinski definition) is 3. The van der Waals surface area contributed by atoms with Crippen molar-refractivity contribution in [2.24, 2.45) is 4.99 Å². The lowest BCUT2D eigenvalue weighted by Gasteiger charge is -2.26. The van der Waals surface area contributed by atoms with Crippen molar-refractivity contribution in [3.63, 3.8) is 0 Å². The predicted molar refractivity (Wildman–Crippen MR) is 107 cm³/mol. The van der Waals surface area contributed by atoms with Gasteiger partial charge in [0.05, 0.1) is 13.7 Å². The quantitative estimate of drug-likeness (QED) is 0.526. The summed E-state index contributed by atoms with van der Waals surface area (Å²) in [6.45, 7) is 8.31. The molecule has 26 heavy (non-hydrogen) atoms. The molecule has 2 aromatic rings. The van der Waals surface area contributed by atoms with Crippen LogP contribution in [0, 0.1) is 0 Å². The number of benzene rings is 2. The standard InChI is InChI=1S/C21H29N3O2/c1-5-22-20(23-14-16-10-9-13-18(26-4)19(16)25)24-15-21(2,3)17-11-7-6-8-12-17/h6-13,25H,5,14-15H2,1-4H3,(H2,22,23,24). The van der Waals surface area contributed by atoms with Crippen molar-refractivity contribution >= 4 is 5.96 Å². The molecule has 0 heterocycles. The van der Waals surface area contributed by atoms with Gasteiger partial charge in [0, 0.05) is 24.1 Å². The van der Waals surface area contributed by atoms with E-state index in [1.54, 1.807) is 13.2 Å². The van der Waals surface area contributed by atoms with Gasteiger partial charge >= 0.3 is 0 Å². The van der Waals surface area contributed by atoms with E-state index in [9.17, 15) is 5.11 Å². The number of phenols is 1. The average molecular weight is 355 g/mol. The van der Waals surface area contributed by atoms with Crippen LogP contribution in [0.2, 0.25) is 0 Å². The van der Waals surface area contributed by atoms with E-state index in [-0.39, 0.29) is 11.2 Å². The summed E-state index contributed by atoms with van der Waals surface area (Å²) >= 11 is 0. The number of rotatable bonds is 7. The maximum absolute atomic E-state index is 10.2. The SMILES string of the molecule is CCNC(=NCc1cccc(OC)c1O)NCC(C)(C)c1ccccc1. The van der Waals surface area contributed by atoms with Crippen LogP contribution in [-0.4, -0.2) is 31.3 Å². The second-order valence-corrected chi connectivity index (χ2v) is 6.77. The zero-order valence-electron chi connectivity index (χ0n) is 16.0. The number of phenolic OH excluding ortho intramolecular Hbond substituents is 1. The Kier molecular flexibility index (Phi) is 6.89. The summed E-state index contributed by atoms with van der Waals surface area (Å²) in [6.07, 6.45) is 0. The first-order chi connectivity index (χ1) is 12.5. The lowest BCUT2D eigenvalue weighted by atomic mass is 9.85. The third-order valence-electron chi connectivity index (χ3n) is 4.31. The number of guanidine groups is 1. The molecule has 0 atom stereocenters. The van der Waals surface area contributed by atoms with Gasteiger partial charge < -0.3 is 20.5 Å². The van der Waals surface area contributed by atoms with Gasteiger partial charge in [0.1, 0.15) is 0 Å². The van der Waals surface area contributed by atoms with Crippen LogP contribution in [0.3, 0.4) is 0 Å². The largest absolute Gasteiger partial charge is 0.504 e. The number of nitrogens with zero attached hydrogens (tertiary/aromatic N) is 1. The summed E-state index contributed by atoms with van der Waals surface area (Å²) in [5.74, 6) is 1.32. The molecule has 0 fully saturated rings. The number of methoxy groups -OCH3 is 1. The van der Waals surface area contributed by atoms with Gasteiger partial charge in [-0.3, -0.25) is 0 Å². The van der Waals surface area contributed by atoms with Crippen molar-refractivity contribution < 1.29 is 9.84 Å². The molecule has 0 aliphatic heterocycles. The lowest BCUT2D eigenvalue weighted by molar-refractivity contribution is 0.370.